The predicted molar refractivity (Wildman–Crippen MR) is 133 cm³/mol. The Morgan fingerprint density at radius 3 is 2.53 bits per heavy atom. The number of nitrogens with one attached hydrogen (secondary N) is 1. The SMILES string of the molecule is CCOC(=O)c1ccc(CN2C(=O)C(=O)/C(=C(\O)c3c[nH]c4ccccc34)C2c2ccccn2)cc1. The van der Waals surface area contributed by atoms with E-state index in [0.717, 1.165) is 10.9 Å². The molecule has 0 spiro atoms. The summed E-state index contributed by atoms with van der Waals surface area (Å²) in [4.78, 5) is 47.4. The summed E-state index contributed by atoms with van der Waals surface area (Å²) in [5.41, 5.74) is 2.77. The molecule has 8 heteroatoms. The Morgan fingerprint density at radius 1 is 1.06 bits per heavy atom. The van der Waals surface area contributed by atoms with Crippen molar-refractivity contribution >= 4 is 34.3 Å². The summed E-state index contributed by atoms with van der Waals surface area (Å²) < 4.78 is 5.02. The fourth-order valence-corrected chi connectivity index (χ4v) is 4.46. The summed E-state index contributed by atoms with van der Waals surface area (Å²) in [5, 5.41) is 12.1. The standard InChI is InChI=1S/C28H23N3O5/c1-2-36-28(35)18-12-10-17(11-13-18)16-31-24(22-9-5-6-14-29-22)23(26(33)27(31)34)25(32)20-15-30-21-8-4-3-7-19(20)21/h3-15,24,30,32H,2,16H2,1H3/b25-23-. The number of hydrogen-bond donors (Lipinski definition) is 2. The fourth-order valence-electron chi connectivity index (χ4n) is 4.46. The molecule has 1 atom stereocenters. The molecule has 1 saturated heterocycles. The predicted octanol–water partition coefficient (Wildman–Crippen LogP) is 4.36. The number of Topliss-reactive ketones (excluding diaryl/α,β-unsaturated/α-hetero) is 1. The van der Waals surface area contributed by atoms with Crippen molar-refractivity contribution in [2.45, 2.75) is 19.5 Å². The number of ketones is 1. The molecule has 1 aliphatic rings. The van der Waals surface area contributed by atoms with Crippen LogP contribution < -0.4 is 0 Å². The number of pyridine rings is 1. The summed E-state index contributed by atoms with van der Waals surface area (Å²) in [7, 11) is 0. The largest absolute Gasteiger partial charge is 0.507 e. The fraction of sp³-hybridized carbons (Fsp3) is 0.143. The van der Waals surface area contributed by atoms with Crippen LogP contribution in [0.5, 0.6) is 0 Å². The van der Waals surface area contributed by atoms with Crippen LogP contribution in [-0.2, 0) is 20.9 Å². The number of rotatable bonds is 6. The molecule has 1 fully saturated rings. The highest BCUT2D eigenvalue weighted by atomic mass is 16.5. The number of carbonyl (C=O) groups is 3. The first-order valence-corrected chi connectivity index (χ1v) is 11.5. The number of benzene rings is 2. The van der Waals surface area contributed by atoms with E-state index in [4.69, 9.17) is 4.74 Å². The van der Waals surface area contributed by atoms with E-state index in [-0.39, 0.29) is 24.5 Å². The Kier molecular flexibility index (Phi) is 6.08. The van der Waals surface area contributed by atoms with Crippen LogP contribution in [0.2, 0.25) is 0 Å². The normalized spacial score (nSPS) is 17.0. The van der Waals surface area contributed by atoms with Gasteiger partial charge in [0.2, 0.25) is 0 Å². The third-order valence-corrected chi connectivity index (χ3v) is 6.17. The second-order valence-corrected chi connectivity index (χ2v) is 8.35. The van der Waals surface area contributed by atoms with Crippen molar-refractivity contribution in [1.82, 2.24) is 14.9 Å². The molecule has 4 aromatic rings. The molecule has 3 heterocycles. The van der Waals surface area contributed by atoms with E-state index in [1.165, 1.54) is 4.90 Å². The minimum atomic E-state index is -0.885. The van der Waals surface area contributed by atoms with Crippen LogP contribution in [0.15, 0.2) is 84.7 Å². The minimum absolute atomic E-state index is 0.0217. The Bertz CT molecular complexity index is 1490. The van der Waals surface area contributed by atoms with E-state index < -0.39 is 23.7 Å². The first-order chi connectivity index (χ1) is 17.5. The highest BCUT2D eigenvalue weighted by Crippen LogP contribution is 2.40. The van der Waals surface area contributed by atoms with Gasteiger partial charge in [-0.05, 0) is 42.8 Å². The Labute approximate surface area is 206 Å². The number of aliphatic hydroxyl groups is 1. The highest BCUT2D eigenvalue weighted by molar-refractivity contribution is 6.46. The number of ether oxygens (including phenoxy) is 1. The number of amides is 1. The lowest BCUT2D eigenvalue weighted by Gasteiger charge is -2.24. The van der Waals surface area contributed by atoms with Gasteiger partial charge in [-0.3, -0.25) is 14.6 Å². The van der Waals surface area contributed by atoms with Gasteiger partial charge in [-0.15, -0.1) is 0 Å². The Hall–Kier alpha value is -4.72. The lowest BCUT2D eigenvalue weighted by molar-refractivity contribution is -0.140. The molecule has 8 nitrogen and oxygen atoms in total. The van der Waals surface area contributed by atoms with Crippen LogP contribution in [0, 0.1) is 0 Å². The lowest BCUT2D eigenvalue weighted by Crippen LogP contribution is -2.29. The van der Waals surface area contributed by atoms with Crippen LogP contribution in [0.4, 0.5) is 0 Å². The third-order valence-electron chi connectivity index (χ3n) is 6.17. The molecule has 1 aliphatic heterocycles. The maximum Gasteiger partial charge on any atom is 0.338 e. The van der Waals surface area contributed by atoms with E-state index in [2.05, 4.69) is 9.97 Å². The zero-order valence-electron chi connectivity index (χ0n) is 19.5. The first kappa shape index (κ1) is 23.0. The van der Waals surface area contributed by atoms with Gasteiger partial charge in [0.1, 0.15) is 11.8 Å². The molecule has 0 radical (unpaired) electrons. The Balaban J connectivity index is 1.57. The Morgan fingerprint density at radius 2 is 1.81 bits per heavy atom. The first-order valence-electron chi connectivity index (χ1n) is 11.5. The molecule has 1 unspecified atom stereocenters. The molecule has 1 amide bonds. The van der Waals surface area contributed by atoms with Gasteiger partial charge in [-0.1, -0.05) is 36.4 Å². The summed E-state index contributed by atoms with van der Waals surface area (Å²) in [5.74, 6) is -2.21. The monoisotopic (exact) mass is 481 g/mol. The van der Waals surface area contributed by atoms with Crippen LogP contribution in [0.25, 0.3) is 16.7 Å². The number of nitrogens with zero attached hydrogens (tertiary/aromatic N) is 2. The minimum Gasteiger partial charge on any atom is -0.507 e. The number of esters is 1. The average Bonchev–Trinajstić information content (AvgIpc) is 3.44. The molecule has 36 heavy (non-hydrogen) atoms. The zero-order valence-corrected chi connectivity index (χ0v) is 19.5. The summed E-state index contributed by atoms with van der Waals surface area (Å²) in [6.07, 6.45) is 3.20. The molecule has 0 bridgehead atoms. The molecule has 0 aliphatic carbocycles. The second kappa shape index (κ2) is 9.50. The van der Waals surface area contributed by atoms with Crippen LogP contribution in [-0.4, -0.2) is 44.2 Å². The lowest BCUT2D eigenvalue weighted by atomic mass is 9.98. The van der Waals surface area contributed by atoms with Gasteiger partial charge in [0.05, 0.1) is 23.4 Å². The summed E-state index contributed by atoms with van der Waals surface area (Å²) in [6, 6.07) is 18.4. The third kappa shape index (κ3) is 4.02. The number of aromatic amines is 1. The highest BCUT2D eigenvalue weighted by Gasteiger charge is 2.46. The quantitative estimate of drug-likeness (QED) is 0.183. The van der Waals surface area contributed by atoms with Crippen molar-refractivity contribution in [3.05, 3.63) is 107 Å². The summed E-state index contributed by atoms with van der Waals surface area (Å²) in [6.45, 7) is 2.09. The maximum absolute atomic E-state index is 13.3. The number of carbonyl (C=O) groups excluding carboxylic acids is 3. The number of H-pyrrole nitrogens is 1. The second-order valence-electron chi connectivity index (χ2n) is 8.35. The molecule has 2 aromatic carbocycles. The molecule has 2 aromatic heterocycles. The summed E-state index contributed by atoms with van der Waals surface area (Å²) >= 11 is 0. The molecule has 5 rings (SSSR count). The zero-order chi connectivity index (χ0) is 25.2. The van der Waals surface area contributed by atoms with Crippen molar-refractivity contribution in [3.63, 3.8) is 0 Å². The van der Waals surface area contributed by atoms with Crippen molar-refractivity contribution in [2.75, 3.05) is 6.61 Å². The number of hydrogen-bond acceptors (Lipinski definition) is 6. The van der Waals surface area contributed by atoms with Crippen LogP contribution >= 0.6 is 0 Å². The van der Waals surface area contributed by atoms with Crippen molar-refractivity contribution in [2.24, 2.45) is 0 Å². The van der Waals surface area contributed by atoms with Crippen molar-refractivity contribution in [3.8, 4) is 0 Å². The van der Waals surface area contributed by atoms with E-state index in [9.17, 15) is 19.5 Å². The van der Waals surface area contributed by atoms with Gasteiger partial charge in [0.25, 0.3) is 11.7 Å². The maximum atomic E-state index is 13.3. The number of para-hydroxylation sites is 1. The number of fused-ring (bicyclic) bond motifs is 1. The smallest absolute Gasteiger partial charge is 0.338 e. The van der Waals surface area contributed by atoms with Crippen molar-refractivity contribution < 1.29 is 24.2 Å². The van der Waals surface area contributed by atoms with E-state index in [0.29, 0.717) is 22.4 Å². The van der Waals surface area contributed by atoms with Gasteiger partial charge in [-0.25, -0.2) is 4.79 Å². The van der Waals surface area contributed by atoms with E-state index >= 15 is 0 Å². The topological polar surface area (TPSA) is 113 Å². The molecular weight excluding hydrogens is 458 g/mol. The van der Waals surface area contributed by atoms with E-state index in [1.54, 1.807) is 61.8 Å². The van der Waals surface area contributed by atoms with Crippen molar-refractivity contribution in [1.29, 1.82) is 0 Å². The van der Waals surface area contributed by atoms with E-state index in [1.807, 2.05) is 24.3 Å². The van der Waals surface area contributed by atoms with Crippen LogP contribution in [0.3, 0.4) is 0 Å². The number of likely N-dealkylation sites (tertiary alicyclic amines) is 1. The van der Waals surface area contributed by atoms with Crippen LogP contribution in [0.1, 0.15) is 40.1 Å². The van der Waals surface area contributed by atoms with Gasteiger partial charge < -0.3 is 19.7 Å². The molecule has 2 N–H and O–H groups in total. The molecular formula is C28H23N3O5. The van der Waals surface area contributed by atoms with Gasteiger partial charge in [-0.2, -0.15) is 0 Å². The molecule has 0 saturated carbocycles. The molecule has 180 valence electrons. The van der Waals surface area contributed by atoms with Gasteiger partial charge in [0, 0.05) is 35.4 Å². The number of aromatic nitrogens is 2. The van der Waals surface area contributed by atoms with Gasteiger partial charge in [0.15, 0.2) is 0 Å². The van der Waals surface area contributed by atoms with Gasteiger partial charge >= 0.3 is 5.97 Å². The number of aliphatic hydroxyl groups excluding tert-OH is 1. The average molecular weight is 482 g/mol.